The van der Waals surface area contributed by atoms with Crippen molar-refractivity contribution in [2.24, 2.45) is 0 Å². The molecule has 1 saturated carbocycles. The van der Waals surface area contributed by atoms with Crippen molar-refractivity contribution in [3.63, 3.8) is 0 Å². The van der Waals surface area contributed by atoms with Gasteiger partial charge in [-0.25, -0.2) is 9.97 Å². The Balaban J connectivity index is 2.41. The van der Waals surface area contributed by atoms with Crippen LogP contribution >= 0.6 is 0 Å². The lowest BCUT2D eigenvalue weighted by Crippen LogP contribution is -2.34. The molecule has 2 rings (SSSR count). The van der Waals surface area contributed by atoms with E-state index in [0.29, 0.717) is 18.4 Å². The zero-order valence-corrected chi connectivity index (χ0v) is 10.4. The van der Waals surface area contributed by atoms with E-state index in [-0.39, 0.29) is 11.5 Å². The molecule has 0 atom stereocenters. The number of nitro groups is 1. The van der Waals surface area contributed by atoms with Crippen LogP contribution in [0.2, 0.25) is 0 Å². The van der Waals surface area contributed by atoms with E-state index in [4.69, 9.17) is 5.73 Å². The van der Waals surface area contributed by atoms with Crippen LogP contribution in [0.1, 0.15) is 32.6 Å². The molecule has 0 spiro atoms. The molecular formula is C11H17N5O2. The van der Waals surface area contributed by atoms with Crippen molar-refractivity contribution in [2.45, 2.75) is 38.6 Å². The number of hydrogen-bond donors (Lipinski definition) is 1. The Labute approximate surface area is 105 Å². The number of nitrogens with zero attached hydrogens (tertiary/aromatic N) is 4. The molecule has 98 valence electrons. The van der Waals surface area contributed by atoms with E-state index in [1.807, 2.05) is 11.8 Å². The van der Waals surface area contributed by atoms with Gasteiger partial charge in [0.15, 0.2) is 0 Å². The summed E-state index contributed by atoms with van der Waals surface area (Å²) in [5.74, 6) is 0.281. The fraction of sp³-hybridized carbons (Fsp3) is 0.636. The van der Waals surface area contributed by atoms with Crippen molar-refractivity contribution < 1.29 is 4.92 Å². The van der Waals surface area contributed by atoms with Gasteiger partial charge < -0.3 is 10.6 Å². The van der Waals surface area contributed by atoms with Crippen molar-refractivity contribution in [1.82, 2.24) is 9.97 Å². The summed E-state index contributed by atoms with van der Waals surface area (Å²) in [5, 5.41) is 11.1. The molecule has 1 aromatic rings. The first kappa shape index (κ1) is 12.5. The molecule has 0 unspecified atom stereocenters. The van der Waals surface area contributed by atoms with Crippen LogP contribution in [0.3, 0.4) is 0 Å². The molecule has 1 aromatic heterocycles. The highest BCUT2D eigenvalue weighted by atomic mass is 16.6. The van der Waals surface area contributed by atoms with Crippen LogP contribution < -0.4 is 10.6 Å². The van der Waals surface area contributed by atoms with Crippen LogP contribution in [-0.2, 0) is 0 Å². The summed E-state index contributed by atoms with van der Waals surface area (Å²) in [6, 6.07) is 0.322. The smallest absolute Gasteiger partial charge is 0.353 e. The predicted octanol–water partition coefficient (Wildman–Crippen LogP) is 1.74. The average Bonchev–Trinajstić information content (AvgIpc) is 2.83. The molecule has 7 heteroatoms. The van der Waals surface area contributed by atoms with E-state index in [1.165, 1.54) is 6.33 Å². The van der Waals surface area contributed by atoms with E-state index in [0.717, 1.165) is 25.7 Å². The molecule has 0 saturated heterocycles. The van der Waals surface area contributed by atoms with Gasteiger partial charge in [-0.2, -0.15) is 0 Å². The number of hydrogen-bond acceptors (Lipinski definition) is 6. The number of anilines is 2. The maximum Gasteiger partial charge on any atom is 0.353 e. The SMILES string of the molecule is CCN(c1ncnc(N)c1[N+](=O)[O-])C1CCCC1. The topological polar surface area (TPSA) is 98.2 Å². The molecule has 7 nitrogen and oxygen atoms in total. The Morgan fingerprint density at radius 2 is 2.17 bits per heavy atom. The first-order valence-electron chi connectivity index (χ1n) is 6.16. The minimum atomic E-state index is -0.498. The summed E-state index contributed by atoms with van der Waals surface area (Å²) < 4.78 is 0. The highest BCUT2D eigenvalue weighted by Crippen LogP contribution is 2.34. The third kappa shape index (κ3) is 2.20. The van der Waals surface area contributed by atoms with E-state index >= 15 is 0 Å². The first-order valence-corrected chi connectivity index (χ1v) is 6.16. The second-order valence-electron chi connectivity index (χ2n) is 4.41. The lowest BCUT2D eigenvalue weighted by molar-refractivity contribution is -0.383. The number of aromatic nitrogens is 2. The van der Waals surface area contributed by atoms with E-state index in [9.17, 15) is 10.1 Å². The summed E-state index contributed by atoms with van der Waals surface area (Å²) in [4.78, 5) is 20.3. The van der Waals surface area contributed by atoms with E-state index < -0.39 is 4.92 Å². The predicted molar refractivity (Wildman–Crippen MR) is 68.4 cm³/mol. The molecule has 0 amide bonds. The van der Waals surface area contributed by atoms with Gasteiger partial charge in [0.05, 0.1) is 4.92 Å². The summed E-state index contributed by atoms with van der Waals surface area (Å²) in [6.45, 7) is 2.66. The van der Waals surface area contributed by atoms with Crippen molar-refractivity contribution in [2.75, 3.05) is 17.2 Å². The van der Waals surface area contributed by atoms with Crippen molar-refractivity contribution in [3.8, 4) is 0 Å². The van der Waals surface area contributed by atoms with Crippen LogP contribution in [0.5, 0.6) is 0 Å². The molecule has 1 aliphatic rings. The highest BCUT2D eigenvalue weighted by Gasteiger charge is 2.30. The minimum absolute atomic E-state index is 0.0681. The Bertz CT molecular complexity index is 445. The van der Waals surface area contributed by atoms with Gasteiger partial charge in [0.2, 0.25) is 11.6 Å². The number of rotatable bonds is 4. The van der Waals surface area contributed by atoms with Crippen molar-refractivity contribution in [3.05, 3.63) is 16.4 Å². The molecule has 1 heterocycles. The lowest BCUT2D eigenvalue weighted by atomic mass is 10.2. The maximum atomic E-state index is 11.1. The molecule has 18 heavy (non-hydrogen) atoms. The van der Waals surface area contributed by atoms with Gasteiger partial charge in [0.25, 0.3) is 0 Å². The van der Waals surface area contributed by atoms with E-state index in [1.54, 1.807) is 0 Å². The minimum Gasteiger partial charge on any atom is -0.378 e. The second kappa shape index (κ2) is 5.16. The third-order valence-corrected chi connectivity index (χ3v) is 3.39. The fourth-order valence-corrected chi connectivity index (χ4v) is 2.56. The van der Waals surface area contributed by atoms with Crippen molar-refractivity contribution in [1.29, 1.82) is 0 Å². The summed E-state index contributed by atoms with van der Waals surface area (Å²) >= 11 is 0. The zero-order chi connectivity index (χ0) is 13.1. The normalized spacial score (nSPS) is 15.8. The number of nitrogen functional groups attached to an aromatic ring is 1. The Morgan fingerprint density at radius 1 is 1.50 bits per heavy atom. The quantitative estimate of drug-likeness (QED) is 0.646. The second-order valence-corrected chi connectivity index (χ2v) is 4.41. The van der Waals surface area contributed by atoms with Gasteiger partial charge in [0.1, 0.15) is 6.33 Å². The molecular weight excluding hydrogens is 234 g/mol. The molecule has 0 aliphatic heterocycles. The Hall–Kier alpha value is -1.92. The third-order valence-electron chi connectivity index (χ3n) is 3.39. The summed E-state index contributed by atoms with van der Waals surface area (Å²) in [6.07, 6.45) is 5.71. The van der Waals surface area contributed by atoms with Gasteiger partial charge in [-0.05, 0) is 19.8 Å². The van der Waals surface area contributed by atoms with Gasteiger partial charge >= 0.3 is 5.69 Å². The standard InChI is InChI=1S/C11H17N5O2/c1-2-15(8-5-3-4-6-8)11-9(16(17)18)10(12)13-7-14-11/h7-8H,2-6H2,1H3,(H2,12,13,14). The van der Waals surface area contributed by atoms with Crippen LogP contribution in [0.15, 0.2) is 6.33 Å². The maximum absolute atomic E-state index is 11.1. The van der Waals surface area contributed by atoms with Gasteiger partial charge in [-0.15, -0.1) is 0 Å². The van der Waals surface area contributed by atoms with E-state index in [2.05, 4.69) is 9.97 Å². The number of nitrogens with two attached hydrogens (primary N) is 1. The zero-order valence-electron chi connectivity index (χ0n) is 10.4. The monoisotopic (exact) mass is 251 g/mol. The average molecular weight is 251 g/mol. The Kier molecular flexibility index (Phi) is 3.59. The Morgan fingerprint density at radius 3 is 2.72 bits per heavy atom. The molecule has 2 N–H and O–H groups in total. The van der Waals surface area contributed by atoms with Crippen LogP contribution in [0.4, 0.5) is 17.3 Å². The molecule has 1 aliphatic carbocycles. The molecule has 0 radical (unpaired) electrons. The lowest BCUT2D eigenvalue weighted by Gasteiger charge is -2.28. The van der Waals surface area contributed by atoms with Crippen LogP contribution in [-0.4, -0.2) is 27.5 Å². The van der Waals surface area contributed by atoms with Crippen LogP contribution in [0.25, 0.3) is 0 Å². The summed E-state index contributed by atoms with van der Waals surface area (Å²) in [5.41, 5.74) is 5.42. The van der Waals surface area contributed by atoms with Gasteiger partial charge in [0, 0.05) is 12.6 Å². The molecule has 0 aromatic carbocycles. The molecule has 1 fully saturated rings. The van der Waals surface area contributed by atoms with Gasteiger partial charge in [-0.1, -0.05) is 12.8 Å². The van der Waals surface area contributed by atoms with Crippen LogP contribution in [0, 0.1) is 10.1 Å². The first-order chi connectivity index (χ1) is 8.65. The van der Waals surface area contributed by atoms with Crippen molar-refractivity contribution >= 4 is 17.3 Å². The fourth-order valence-electron chi connectivity index (χ4n) is 2.56. The molecule has 0 bridgehead atoms. The largest absolute Gasteiger partial charge is 0.378 e. The van der Waals surface area contributed by atoms with Gasteiger partial charge in [-0.3, -0.25) is 10.1 Å². The highest BCUT2D eigenvalue weighted by molar-refractivity contribution is 5.68. The summed E-state index contributed by atoms with van der Waals surface area (Å²) in [7, 11) is 0.